The number of para-hydroxylation sites is 1. The van der Waals surface area contributed by atoms with Crippen molar-refractivity contribution in [3.8, 4) is 0 Å². The zero-order valence-corrected chi connectivity index (χ0v) is 21.0. The molecule has 6 nitrogen and oxygen atoms in total. The fourth-order valence-corrected chi connectivity index (χ4v) is 4.58. The van der Waals surface area contributed by atoms with E-state index in [0.29, 0.717) is 6.42 Å². The van der Waals surface area contributed by atoms with Crippen LogP contribution in [-0.4, -0.2) is 29.7 Å². The molecule has 0 aliphatic carbocycles. The summed E-state index contributed by atoms with van der Waals surface area (Å²) >= 11 is 0. The number of ether oxygens (including phenoxy) is 2. The third-order valence-electron chi connectivity index (χ3n) is 6.33. The van der Waals surface area contributed by atoms with E-state index in [1.807, 2.05) is 60.8 Å². The van der Waals surface area contributed by atoms with Gasteiger partial charge in [0.05, 0.1) is 6.61 Å². The smallest absolute Gasteiger partial charge is 0.407 e. The third kappa shape index (κ3) is 6.33. The van der Waals surface area contributed by atoms with Gasteiger partial charge in [0.2, 0.25) is 0 Å². The highest BCUT2D eigenvalue weighted by Crippen LogP contribution is 2.20. The predicted octanol–water partition coefficient (Wildman–Crippen LogP) is 5.72. The number of fused-ring (bicyclic) bond motifs is 1. The maximum Gasteiger partial charge on any atom is 0.407 e. The largest absolute Gasteiger partial charge is 0.459 e. The molecule has 36 heavy (non-hydrogen) atoms. The van der Waals surface area contributed by atoms with E-state index in [2.05, 4.69) is 43.2 Å². The number of aromatic nitrogens is 1. The molecule has 0 aliphatic rings. The van der Waals surface area contributed by atoms with Crippen LogP contribution in [0.5, 0.6) is 0 Å². The van der Waals surface area contributed by atoms with Crippen molar-refractivity contribution in [1.29, 1.82) is 0 Å². The Balaban J connectivity index is 1.41. The van der Waals surface area contributed by atoms with E-state index < -0.39 is 18.1 Å². The number of hydrogen-bond acceptors (Lipinski definition) is 4. The summed E-state index contributed by atoms with van der Waals surface area (Å²) in [6.07, 6.45) is 2.11. The summed E-state index contributed by atoms with van der Waals surface area (Å²) in [6, 6.07) is 20.7. The molecule has 186 valence electrons. The van der Waals surface area contributed by atoms with Crippen LogP contribution in [0, 0.1) is 20.8 Å². The molecule has 0 radical (unpaired) electrons. The van der Waals surface area contributed by atoms with Crippen LogP contribution in [0.25, 0.3) is 10.9 Å². The number of benzene rings is 3. The number of alkyl carbamates (subject to hydrolysis) is 1. The summed E-state index contributed by atoms with van der Waals surface area (Å²) < 4.78 is 11.0. The molecule has 4 aromatic rings. The second kappa shape index (κ2) is 11.6. The lowest BCUT2D eigenvalue weighted by molar-refractivity contribution is -0.147. The monoisotopic (exact) mass is 484 g/mol. The lowest BCUT2D eigenvalue weighted by Gasteiger charge is -2.18. The molecule has 1 aromatic heterocycles. The van der Waals surface area contributed by atoms with Crippen LogP contribution in [0.2, 0.25) is 0 Å². The molecule has 0 fully saturated rings. The van der Waals surface area contributed by atoms with Gasteiger partial charge < -0.3 is 19.8 Å². The molecule has 1 heterocycles. The number of esters is 1. The summed E-state index contributed by atoms with van der Waals surface area (Å²) in [5, 5.41) is 3.73. The van der Waals surface area contributed by atoms with Crippen molar-refractivity contribution in [3.05, 3.63) is 106 Å². The van der Waals surface area contributed by atoms with Gasteiger partial charge in [-0.05, 0) is 54.7 Å². The molecule has 1 atom stereocenters. The first-order chi connectivity index (χ1) is 17.4. The Kier molecular flexibility index (Phi) is 8.06. The third-order valence-corrected chi connectivity index (χ3v) is 6.33. The van der Waals surface area contributed by atoms with Gasteiger partial charge >= 0.3 is 12.1 Å². The van der Waals surface area contributed by atoms with Crippen molar-refractivity contribution < 1.29 is 19.1 Å². The van der Waals surface area contributed by atoms with Crippen LogP contribution >= 0.6 is 0 Å². The number of amides is 1. The Hall–Kier alpha value is -4.06. The number of carbonyl (C=O) groups is 2. The highest BCUT2D eigenvalue weighted by molar-refractivity contribution is 5.86. The second-order valence-corrected chi connectivity index (χ2v) is 9.12. The average molecular weight is 485 g/mol. The van der Waals surface area contributed by atoms with E-state index >= 15 is 0 Å². The summed E-state index contributed by atoms with van der Waals surface area (Å²) in [6.45, 7) is 6.55. The minimum atomic E-state index is -0.886. The maximum absolute atomic E-state index is 13.0. The molecule has 0 aliphatic heterocycles. The van der Waals surface area contributed by atoms with Crippen molar-refractivity contribution in [1.82, 2.24) is 10.3 Å². The fourth-order valence-electron chi connectivity index (χ4n) is 4.58. The first-order valence-electron chi connectivity index (χ1n) is 12.2. The number of aromatic amines is 1. The van der Waals surface area contributed by atoms with Crippen LogP contribution in [0.15, 0.2) is 72.9 Å². The lowest BCUT2D eigenvalue weighted by atomic mass is 9.98. The Morgan fingerprint density at radius 3 is 2.36 bits per heavy atom. The standard InChI is InChI=1S/C30H32N2O4/c1-20-15-21(2)25(22(3)16-20)13-14-35-30(34)32-28(29(33)36-19-23-9-5-4-6-10-23)17-24-18-31-27-12-8-7-11-26(24)27/h4-12,15-16,18,28,31H,13-14,17,19H2,1-3H3,(H,32,34). The van der Waals surface area contributed by atoms with E-state index in [-0.39, 0.29) is 19.6 Å². The SMILES string of the molecule is Cc1cc(C)c(CCOC(=O)NC(Cc2c[nH]c3ccccc23)C(=O)OCc2ccccc2)c(C)c1. The zero-order valence-electron chi connectivity index (χ0n) is 21.0. The second-order valence-electron chi connectivity index (χ2n) is 9.12. The highest BCUT2D eigenvalue weighted by atomic mass is 16.6. The van der Waals surface area contributed by atoms with E-state index in [0.717, 1.165) is 22.0 Å². The van der Waals surface area contributed by atoms with E-state index in [9.17, 15) is 9.59 Å². The Labute approximate surface area is 211 Å². The zero-order chi connectivity index (χ0) is 25.5. The molecule has 2 N–H and O–H groups in total. The van der Waals surface area contributed by atoms with Gasteiger partial charge in [0, 0.05) is 29.9 Å². The Morgan fingerprint density at radius 1 is 0.917 bits per heavy atom. The number of carbonyl (C=O) groups excluding carboxylic acids is 2. The van der Waals surface area contributed by atoms with Gasteiger partial charge in [0.15, 0.2) is 0 Å². The van der Waals surface area contributed by atoms with Crippen LogP contribution in [0.1, 0.15) is 33.4 Å². The number of hydrogen-bond donors (Lipinski definition) is 2. The van der Waals surface area contributed by atoms with Gasteiger partial charge in [-0.1, -0.05) is 66.2 Å². The summed E-state index contributed by atoms with van der Waals surface area (Å²) in [5.41, 5.74) is 7.50. The number of nitrogens with one attached hydrogen (secondary N) is 2. The topological polar surface area (TPSA) is 80.4 Å². The maximum atomic E-state index is 13.0. The Morgan fingerprint density at radius 2 is 1.61 bits per heavy atom. The fraction of sp³-hybridized carbons (Fsp3) is 0.267. The molecular formula is C30H32N2O4. The first-order valence-corrected chi connectivity index (χ1v) is 12.2. The van der Waals surface area contributed by atoms with Gasteiger partial charge in [-0.15, -0.1) is 0 Å². The van der Waals surface area contributed by atoms with Gasteiger partial charge in [-0.25, -0.2) is 9.59 Å². The quantitative estimate of drug-likeness (QED) is 0.298. The number of H-pyrrole nitrogens is 1. The predicted molar refractivity (Wildman–Crippen MR) is 141 cm³/mol. The van der Waals surface area contributed by atoms with E-state index in [1.54, 1.807) is 0 Å². The van der Waals surface area contributed by atoms with Crippen LogP contribution in [0.3, 0.4) is 0 Å². The minimum absolute atomic E-state index is 0.132. The average Bonchev–Trinajstić information content (AvgIpc) is 3.27. The summed E-state index contributed by atoms with van der Waals surface area (Å²) in [5.74, 6) is -0.508. The summed E-state index contributed by atoms with van der Waals surface area (Å²) in [7, 11) is 0. The highest BCUT2D eigenvalue weighted by Gasteiger charge is 2.25. The Bertz CT molecular complexity index is 1320. The van der Waals surface area contributed by atoms with Crippen LogP contribution in [-0.2, 0) is 33.7 Å². The van der Waals surface area contributed by atoms with Gasteiger partial charge in [-0.2, -0.15) is 0 Å². The molecule has 4 rings (SSSR count). The van der Waals surface area contributed by atoms with E-state index in [4.69, 9.17) is 9.47 Å². The van der Waals surface area contributed by atoms with E-state index in [1.165, 1.54) is 22.3 Å². The van der Waals surface area contributed by atoms with Crippen molar-refractivity contribution in [2.24, 2.45) is 0 Å². The molecule has 0 bridgehead atoms. The number of rotatable bonds is 9. The van der Waals surface area contributed by atoms with Crippen LogP contribution < -0.4 is 5.32 Å². The molecule has 1 unspecified atom stereocenters. The van der Waals surface area contributed by atoms with Gasteiger partial charge in [-0.3, -0.25) is 0 Å². The molecular weight excluding hydrogens is 452 g/mol. The normalized spacial score (nSPS) is 11.8. The molecule has 0 spiro atoms. The molecule has 0 saturated carbocycles. The van der Waals surface area contributed by atoms with Crippen molar-refractivity contribution >= 4 is 23.0 Å². The molecule has 6 heteroatoms. The molecule has 1 amide bonds. The van der Waals surface area contributed by atoms with Gasteiger partial charge in [0.25, 0.3) is 0 Å². The van der Waals surface area contributed by atoms with Crippen LogP contribution in [0.4, 0.5) is 4.79 Å². The summed E-state index contributed by atoms with van der Waals surface area (Å²) in [4.78, 5) is 28.9. The molecule has 0 saturated heterocycles. The minimum Gasteiger partial charge on any atom is -0.459 e. The lowest BCUT2D eigenvalue weighted by Crippen LogP contribution is -2.43. The van der Waals surface area contributed by atoms with Crippen molar-refractivity contribution in [2.75, 3.05) is 6.61 Å². The number of aryl methyl sites for hydroxylation is 3. The first kappa shape index (κ1) is 25.0. The van der Waals surface area contributed by atoms with Crippen molar-refractivity contribution in [2.45, 2.75) is 46.3 Å². The van der Waals surface area contributed by atoms with Gasteiger partial charge in [0.1, 0.15) is 12.6 Å². The molecule has 3 aromatic carbocycles. The van der Waals surface area contributed by atoms with Crippen molar-refractivity contribution in [3.63, 3.8) is 0 Å².